The third-order valence-electron chi connectivity index (χ3n) is 4.37. The highest BCUT2D eigenvalue weighted by atomic mass is 16.5. The first kappa shape index (κ1) is 17.2. The Bertz CT molecular complexity index is 712. The smallest absolute Gasteiger partial charge is 0.257 e. The molecule has 0 radical (unpaired) electrons. The molecule has 1 aromatic carbocycles. The molecule has 1 amide bonds. The number of nitrogens with zero attached hydrogens (tertiary/aromatic N) is 2. The van der Waals surface area contributed by atoms with Gasteiger partial charge in [0.15, 0.2) is 0 Å². The summed E-state index contributed by atoms with van der Waals surface area (Å²) in [5, 5.41) is 6.53. The fourth-order valence-corrected chi connectivity index (χ4v) is 2.94. The van der Waals surface area contributed by atoms with Crippen LogP contribution >= 0.6 is 0 Å². The van der Waals surface area contributed by atoms with Crippen LogP contribution in [0.1, 0.15) is 23.7 Å². The van der Waals surface area contributed by atoms with Crippen molar-refractivity contribution in [2.45, 2.75) is 19.4 Å². The highest BCUT2D eigenvalue weighted by Gasteiger charge is 2.25. The molecule has 1 aliphatic rings. The summed E-state index contributed by atoms with van der Waals surface area (Å²) in [7, 11) is 1.85. The molecule has 2 heterocycles. The van der Waals surface area contributed by atoms with Gasteiger partial charge in [-0.15, -0.1) is 0 Å². The van der Waals surface area contributed by atoms with Crippen molar-refractivity contribution >= 4 is 17.4 Å². The third kappa shape index (κ3) is 4.09. The van der Waals surface area contributed by atoms with Gasteiger partial charge in [0.1, 0.15) is 11.6 Å². The first-order chi connectivity index (χ1) is 12.2. The Morgan fingerprint density at radius 2 is 2.16 bits per heavy atom. The van der Waals surface area contributed by atoms with Crippen molar-refractivity contribution in [3.05, 3.63) is 48.2 Å². The van der Waals surface area contributed by atoms with E-state index in [1.54, 1.807) is 17.2 Å². The standard InChI is InChI=1S/C19H24N4O2/c1-3-25-16-8-6-14(7-9-16)22-18-17(5-4-11-21-18)19(24)23(2)15-10-12-20-13-15/h4-9,11,15,20H,3,10,12-13H2,1-2H3,(H,21,22)/t15-/m0/s1. The second kappa shape index (κ2) is 7.98. The summed E-state index contributed by atoms with van der Waals surface area (Å²) >= 11 is 0. The van der Waals surface area contributed by atoms with Crippen molar-refractivity contribution in [3.63, 3.8) is 0 Å². The van der Waals surface area contributed by atoms with Crippen LogP contribution < -0.4 is 15.4 Å². The maximum Gasteiger partial charge on any atom is 0.257 e. The molecule has 6 nitrogen and oxygen atoms in total. The molecule has 0 aliphatic carbocycles. The number of rotatable bonds is 6. The number of carbonyl (C=O) groups excluding carboxylic acids is 1. The third-order valence-corrected chi connectivity index (χ3v) is 4.37. The number of ether oxygens (including phenoxy) is 1. The molecular weight excluding hydrogens is 316 g/mol. The molecular formula is C19H24N4O2. The normalized spacial score (nSPS) is 16.5. The van der Waals surface area contributed by atoms with Crippen LogP contribution in [-0.2, 0) is 0 Å². The predicted molar refractivity (Wildman–Crippen MR) is 98.5 cm³/mol. The topological polar surface area (TPSA) is 66.5 Å². The number of hydrogen-bond acceptors (Lipinski definition) is 5. The summed E-state index contributed by atoms with van der Waals surface area (Å²) in [5.41, 5.74) is 1.44. The highest BCUT2D eigenvalue weighted by Crippen LogP contribution is 2.23. The van der Waals surface area contributed by atoms with Crippen molar-refractivity contribution < 1.29 is 9.53 Å². The summed E-state index contributed by atoms with van der Waals surface area (Å²) in [4.78, 5) is 19.0. The molecule has 1 saturated heterocycles. The number of benzene rings is 1. The van der Waals surface area contributed by atoms with E-state index in [9.17, 15) is 4.79 Å². The number of hydrogen-bond donors (Lipinski definition) is 2. The summed E-state index contributed by atoms with van der Waals surface area (Å²) in [5.74, 6) is 1.36. The van der Waals surface area contributed by atoms with Gasteiger partial charge in [0.25, 0.3) is 5.91 Å². The molecule has 2 N–H and O–H groups in total. The quantitative estimate of drug-likeness (QED) is 0.846. The first-order valence-electron chi connectivity index (χ1n) is 8.62. The van der Waals surface area contributed by atoms with E-state index >= 15 is 0 Å². The van der Waals surface area contributed by atoms with Gasteiger partial charge in [-0.3, -0.25) is 4.79 Å². The number of pyridine rings is 1. The van der Waals surface area contributed by atoms with E-state index in [1.807, 2.05) is 44.3 Å². The maximum atomic E-state index is 12.9. The van der Waals surface area contributed by atoms with Crippen molar-refractivity contribution in [2.75, 3.05) is 32.1 Å². The zero-order valence-electron chi connectivity index (χ0n) is 14.7. The van der Waals surface area contributed by atoms with Gasteiger partial charge in [0, 0.05) is 31.5 Å². The van der Waals surface area contributed by atoms with Gasteiger partial charge in [-0.05, 0) is 56.3 Å². The second-order valence-corrected chi connectivity index (χ2v) is 6.04. The summed E-state index contributed by atoms with van der Waals surface area (Å²) in [6, 6.07) is 11.4. The fourth-order valence-electron chi connectivity index (χ4n) is 2.94. The zero-order chi connectivity index (χ0) is 17.6. The Morgan fingerprint density at radius 3 is 2.84 bits per heavy atom. The van der Waals surface area contributed by atoms with E-state index in [4.69, 9.17) is 4.74 Å². The van der Waals surface area contributed by atoms with E-state index in [2.05, 4.69) is 15.6 Å². The van der Waals surface area contributed by atoms with Crippen LogP contribution in [0.4, 0.5) is 11.5 Å². The average molecular weight is 340 g/mol. The second-order valence-electron chi connectivity index (χ2n) is 6.04. The molecule has 0 spiro atoms. The van der Waals surface area contributed by atoms with Crippen LogP contribution in [-0.4, -0.2) is 48.6 Å². The number of amides is 1. The van der Waals surface area contributed by atoms with Gasteiger partial charge in [-0.2, -0.15) is 0 Å². The fraction of sp³-hybridized carbons (Fsp3) is 0.368. The number of likely N-dealkylation sites (N-methyl/N-ethyl adjacent to an activating group) is 1. The van der Waals surface area contributed by atoms with Crippen LogP contribution in [0, 0.1) is 0 Å². The monoisotopic (exact) mass is 340 g/mol. The lowest BCUT2D eigenvalue weighted by Gasteiger charge is -2.24. The molecule has 0 unspecified atom stereocenters. The van der Waals surface area contributed by atoms with Crippen molar-refractivity contribution in [2.24, 2.45) is 0 Å². The summed E-state index contributed by atoms with van der Waals surface area (Å²) < 4.78 is 5.45. The minimum absolute atomic E-state index is 0.0183. The molecule has 1 fully saturated rings. The van der Waals surface area contributed by atoms with Crippen molar-refractivity contribution in [1.82, 2.24) is 15.2 Å². The minimum atomic E-state index is -0.0183. The van der Waals surface area contributed by atoms with Gasteiger partial charge >= 0.3 is 0 Å². The number of nitrogens with one attached hydrogen (secondary N) is 2. The van der Waals surface area contributed by atoms with Gasteiger partial charge < -0.3 is 20.3 Å². The lowest BCUT2D eigenvalue weighted by atomic mass is 10.1. The predicted octanol–water partition coefficient (Wildman–Crippen LogP) is 2.66. The van der Waals surface area contributed by atoms with Gasteiger partial charge in [-0.1, -0.05) is 0 Å². The largest absolute Gasteiger partial charge is 0.494 e. The van der Waals surface area contributed by atoms with Crippen molar-refractivity contribution in [3.8, 4) is 5.75 Å². The average Bonchev–Trinajstić information content (AvgIpc) is 3.17. The molecule has 1 aromatic heterocycles. The molecule has 3 rings (SSSR count). The van der Waals surface area contributed by atoms with E-state index in [1.165, 1.54) is 0 Å². The zero-order valence-corrected chi connectivity index (χ0v) is 14.7. The molecule has 1 aliphatic heterocycles. The van der Waals surface area contributed by atoms with E-state index < -0.39 is 0 Å². The molecule has 0 saturated carbocycles. The van der Waals surface area contributed by atoms with Crippen LogP contribution in [0.3, 0.4) is 0 Å². The van der Waals surface area contributed by atoms with Crippen LogP contribution in [0.5, 0.6) is 5.75 Å². The lowest BCUT2D eigenvalue weighted by molar-refractivity contribution is 0.0744. The Labute approximate surface area is 148 Å². The molecule has 6 heteroatoms. The summed E-state index contributed by atoms with van der Waals surface area (Å²) in [6.07, 6.45) is 2.66. The Balaban J connectivity index is 1.77. The molecule has 1 atom stereocenters. The van der Waals surface area contributed by atoms with Crippen LogP contribution in [0.25, 0.3) is 0 Å². The van der Waals surface area contributed by atoms with Crippen molar-refractivity contribution in [1.29, 1.82) is 0 Å². The van der Waals surface area contributed by atoms with Gasteiger partial charge in [0.2, 0.25) is 0 Å². The van der Waals surface area contributed by atoms with Crippen LogP contribution in [0.15, 0.2) is 42.6 Å². The number of aromatic nitrogens is 1. The van der Waals surface area contributed by atoms with Crippen LogP contribution in [0.2, 0.25) is 0 Å². The summed E-state index contributed by atoms with van der Waals surface area (Å²) in [6.45, 7) is 4.37. The lowest BCUT2D eigenvalue weighted by Crippen LogP contribution is -2.38. The molecule has 2 aromatic rings. The highest BCUT2D eigenvalue weighted by molar-refractivity contribution is 5.99. The first-order valence-corrected chi connectivity index (χ1v) is 8.62. The maximum absolute atomic E-state index is 12.9. The Kier molecular flexibility index (Phi) is 5.50. The molecule has 25 heavy (non-hydrogen) atoms. The minimum Gasteiger partial charge on any atom is -0.494 e. The number of anilines is 2. The van der Waals surface area contributed by atoms with E-state index in [0.29, 0.717) is 18.0 Å². The molecule has 0 bridgehead atoms. The van der Waals surface area contributed by atoms with Gasteiger partial charge in [-0.25, -0.2) is 4.98 Å². The van der Waals surface area contributed by atoms with E-state index in [-0.39, 0.29) is 11.9 Å². The van der Waals surface area contributed by atoms with E-state index in [0.717, 1.165) is 30.9 Å². The Hall–Kier alpha value is -2.60. The SMILES string of the molecule is CCOc1ccc(Nc2ncccc2C(=O)N(C)[C@H]2CCNC2)cc1. The van der Waals surface area contributed by atoms with Gasteiger partial charge in [0.05, 0.1) is 12.2 Å². The molecule has 132 valence electrons. The Morgan fingerprint density at radius 1 is 1.36 bits per heavy atom. The number of carbonyl (C=O) groups is 1.